The highest BCUT2D eigenvalue weighted by Gasteiger charge is 2.41. The normalized spacial score (nSPS) is 28.3. The lowest BCUT2D eigenvalue weighted by molar-refractivity contribution is -0.152. The van der Waals surface area contributed by atoms with E-state index in [9.17, 15) is 14.0 Å². The Morgan fingerprint density at radius 1 is 1.10 bits per heavy atom. The van der Waals surface area contributed by atoms with Crippen molar-refractivity contribution in [2.24, 2.45) is 0 Å². The number of benzene rings is 2. The van der Waals surface area contributed by atoms with Crippen molar-refractivity contribution >= 4 is 11.8 Å². The average Bonchev–Trinajstić information content (AvgIpc) is 2.78. The molecular formula is C23H24FN3O3. The van der Waals surface area contributed by atoms with Gasteiger partial charge in [0.25, 0.3) is 5.91 Å². The van der Waals surface area contributed by atoms with E-state index in [2.05, 4.69) is 16.7 Å². The minimum atomic E-state index is -0.568. The molecule has 0 bridgehead atoms. The number of nitrogens with one attached hydrogen (secondary N) is 2. The Hall–Kier alpha value is -2.77. The fourth-order valence-corrected chi connectivity index (χ4v) is 4.81. The van der Waals surface area contributed by atoms with Crippen LogP contribution < -0.4 is 10.6 Å². The standard InChI is InChI=1S/C23H24FN3O3/c24-16-7-5-15(6-8-16)22-17-4-2-1-3-14(17)9-10-27(22)23(29)20-11-18-19(13-30-20)26-21(28)12-25-18/h1-8,18-20,22,25H,9-13H2,(H,26,28)/t18-,19-,20+,22-/m0/s1. The Morgan fingerprint density at radius 3 is 2.73 bits per heavy atom. The predicted molar refractivity (Wildman–Crippen MR) is 108 cm³/mol. The summed E-state index contributed by atoms with van der Waals surface area (Å²) in [5, 5.41) is 6.14. The molecule has 6 nitrogen and oxygen atoms in total. The van der Waals surface area contributed by atoms with Gasteiger partial charge in [-0.3, -0.25) is 9.59 Å². The molecule has 156 valence electrons. The van der Waals surface area contributed by atoms with Gasteiger partial charge in [-0.2, -0.15) is 0 Å². The molecule has 0 unspecified atom stereocenters. The van der Waals surface area contributed by atoms with Gasteiger partial charge in [-0.05, 0) is 41.7 Å². The van der Waals surface area contributed by atoms with Crippen molar-refractivity contribution in [2.45, 2.75) is 37.1 Å². The smallest absolute Gasteiger partial charge is 0.252 e. The number of fused-ring (bicyclic) bond motifs is 2. The van der Waals surface area contributed by atoms with Gasteiger partial charge in [-0.15, -0.1) is 0 Å². The molecule has 2 aromatic rings. The van der Waals surface area contributed by atoms with Crippen LogP contribution in [0.4, 0.5) is 4.39 Å². The van der Waals surface area contributed by atoms with Gasteiger partial charge in [0.05, 0.1) is 25.2 Å². The molecule has 4 atom stereocenters. The van der Waals surface area contributed by atoms with E-state index in [0.29, 0.717) is 19.6 Å². The first-order valence-corrected chi connectivity index (χ1v) is 10.4. The van der Waals surface area contributed by atoms with Crippen molar-refractivity contribution in [2.75, 3.05) is 19.7 Å². The maximum absolute atomic E-state index is 13.6. The molecule has 7 heteroatoms. The van der Waals surface area contributed by atoms with Gasteiger partial charge >= 0.3 is 0 Å². The Bertz CT molecular complexity index is 964. The van der Waals surface area contributed by atoms with E-state index in [0.717, 1.165) is 17.5 Å². The summed E-state index contributed by atoms with van der Waals surface area (Å²) < 4.78 is 19.4. The highest BCUT2D eigenvalue weighted by Crippen LogP contribution is 2.36. The SMILES string of the molecule is O=C1CN[C@H]2C[C@H](C(=O)N3CCc4ccccc4[C@@H]3c3ccc(F)cc3)OC[C@@H]2N1. The Morgan fingerprint density at radius 2 is 1.90 bits per heavy atom. The number of rotatable bonds is 2. The monoisotopic (exact) mass is 409 g/mol. The van der Waals surface area contributed by atoms with Crippen molar-refractivity contribution in [3.8, 4) is 0 Å². The lowest BCUT2D eigenvalue weighted by Gasteiger charge is -2.43. The molecule has 2 N–H and O–H groups in total. The van der Waals surface area contributed by atoms with Gasteiger partial charge in [0.1, 0.15) is 11.9 Å². The Labute approximate surface area is 174 Å². The molecule has 2 aromatic carbocycles. The van der Waals surface area contributed by atoms with Gasteiger partial charge in [-0.25, -0.2) is 4.39 Å². The van der Waals surface area contributed by atoms with Gasteiger partial charge in [0.15, 0.2) is 0 Å². The molecule has 30 heavy (non-hydrogen) atoms. The maximum Gasteiger partial charge on any atom is 0.252 e. The van der Waals surface area contributed by atoms with Crippen LogP contribution in [-0.4, -0.2) is 54.6 Å². The number of halogens is 1. The summed E-state index contributed by atoms with van der Waals surface area (Å²) in [6.45, 7) is 1.15. The molecule has 0 spiro atoms. The number of hydrogen-bond acceptors (Lipinski definition) is 4. The van der Waals surface area contributed by atoms with Crippen LogP contribution in [0, 0.1) is 5.82 Å². The highest BCUT2D eigenvalue weighted by molar-refractivity contribution is 5.83. The lowest BCUT2D eigenvalue weighted by Crippen LogP contribution is -2.65. The first-order chi connectivity index (χ1) is 14.6. The van der Waals surface area contributed by atoms with Crippen LogP contribution >= 0.6 is 0 Å². The van der Waals surface area contributed by atoms with Gasteiger partial charge in [0, 0.05) is 12.6 Å². The molecule has 0 aliphatic carbocycles. The zero-order valence-electron chi connectivity index (χ0n) is 16.5. The topological polar surface area (TPSA) is 70.7 Å². The third kappa shape index (κ3) is 3.48. The van der Waals surface area contributed by atoms with Crippen molar-refractivity contribution in [1.29, 1.82) is 0 Å². The van der Waals surface area contributed by atoms with Crippen molar-refractivity contribution in [1.82, 2.24) is 15.5 Å². The Balaban J connectivity index is 1.43. The molecule has 3 aliphatic heterocycles. The fraction of sp³-hybridized carbons (Fsp3) is 0.391. The quantitative estimate of drug-likeness (QED) is 0.790. The van der Waals surface area contributed by atoms with E-state index in [4.69, 9.17) is 4.74 Å². The molecule has 3 heterocycles. The zero-order valence-corrected chi connectivity index (χ0v) is 16.5. The van der Waals surface area contributed by atoms with E-state index < -0.39 is 6.10 Å². The van der Waals surface area contributed by atoms with E-state index in [1.807, 2.05) is 23.1 Å². The highest BCUT2D eigenvalue weighted by atomic mass is 19.1. The van der Waals surface area contributed by atoms with E-state index in [1.165, 1.54) is 17.7 Å². The third-order valence-electron chi connectivity index (χ3n) is 6.33. The molecule has 0 aromatic heterocycles. The van der Waals surface area contributed by atoms with E-state index in [-0.39, 0.29) is 42.3 Å². The first kappa shape index (κ1) is 19.2. The predicted octanol–water partition coefficient (Wildman–Crippen LogP) is 1.55. The molecule has 2 saturated heterocycles. The van der Waals surface area contributed by atoms with Crippen LogP contribution in [0.25, 0.3) is 0 Å². The van der Waals surface area contributed by atoms with Crippen LogP contribution in [0.3, 0.4) is 0 Å². The first-order valence-electron chi connectivity index (χ1n) is 10.4. The summed E-state index contributed by atoms with van der Waals surface area (Å²) >= 11 is 0. The second-order valence-corrected chi connectivity index (χ2v) is 8.15. The summed E-state index contributed by atoms with van der Waals surface area (Å²) in [4.78, 5) is 27.0. The van der Waals surface area contributed by atoms with Gasteiger partial charge in [0.2, 0.25) is 5.91 Å². The molecule has 2 fully saturated rings. The largest absolute Gasteiger partial charge is 0.366 e. The number of carbonyl (C=O) groups is 2. The Kier molecular flexibility index (Phi) is 5.00. The summed E-state index contributed by atoms with van der Waals surface area (Å²) in [7, 11) is 0. The molecule has 3 aliphatic rings. The van der Waals surface area contributed by atoms with Crippen LogP contribution in [0.1, 0.15) is 29.2 Å². The number of ether oxygens (including phenoxy) is 1. The number of nitrogens with zero attached hydrogens (tertiary/aromatic N) is 1. The zero-order chi connectivity index (χ0) is 20.7. The van der Waals surface area contributed by atoms with Crippen molar-refractivity contribution in [3.63, 3.8) is 0 Å². The molecule has 2 amide bonds. The van der Waals surface area contributed by atoms with Crippen LogP contribution in [0.15, 0.2) is 48.5 Å². The minimum absolute atomic E-state index is 0.0201. The summed E-state index contributed by atoms with van der Waals surface area (Å²) in [5.41, 5.74) is 3.16. The van der Waals surface area contributed by atoms with E-state index >= 15 is 0 Å². The summed E-state index contributed by atoms with van der Waals surface area (Å²) in [6.07, 6.45) is 0.715. The van der Waals surface area contributed by atoms with Crippen molar-refractivity contribution in [3.05, 3.63) is 71.0 Å². The number of hydrogen-bond donors (Lipinski definition) is 2. The molecular weight excluding hydrogens is 385 g/mol. The van der Waals surface area contributed by atoms with Gasteiger partial charge < -0.3 is 20.3 Å². The lowest BCUT2D eigenvalue weighted by atomic mass is 9.87. The van der Waals surface area contributed by atoms with Gasteiger partial charge in [-0.1, -0.05) is 36.4 Å². The summed E-state index contributed by atoms with van der Waals surface area (Å²) in [6, 6.07) is 14.1. The van der Waals surface area contributed by atoms with Crippen LogP contribution in [0.5, 0.6) is 0 Å². The fourth-order valence-electron chi connectivity index (χ4n) is 4.81. The van der Waals surface area contributed by atoms with Crippen LogP contribution in [0.2, 0.25) is 0 Å². The molecule has 0 radical (unpaired) electrons. The van der Waals surface area contributed by atoms with Crippen LogP contribution in [-0.2, 0) is 20.7 Å². The number of carbonyl (C=O) groups excluding carboxylic acids is 2. The number of piperazine rings is 1. The average molecular weight is 409 g/mol. The molecule has 5 rings (SSSR count). The number of amides is 2. The molecule has 0 saturated carbocycles. The van der Waals surface area contributed by atoms with Crippen molar-refractivity contribution < 1.29 is 18.7 Å². The second-order valence-electron chi connectivity index (χ2n) is 8.15. The van der Waals surface area contributed by atoms with E-state index in [1.54, 1.807) is 12.1 Å². The third-order valence-corrected chi connectivity index (χ3v) is 6.33. The summed E-state index contributed by atoms with van der Waals surface area (Å²) in [5.74, 6) is -0.405. The minimum Gasteiger partial charge on any atom is -0.366 e. The second kappa shape index (κ2) is 7.81. The maximum atomic E-state index is 13.6.